The molecular weight excluding hydrogens is 250 g/mol. The van der Waals surface area contributed by atoms with Crippen molar-refractivity contribution in [3.8, 4) is 0 Å². The average Bonchev–Trinajstić information content (AvgIpc) is 3.00. The minimum Gasteiger partial charge on any atom is -0.383 e. The van der Waals surface area contributed by atoms with E-state index >= 15 is 0 Å². The summed E-state index contributed by atoms with van der Waals surface area (Å²) in [5.74, 6) is 0.672. The van der Waals surface area contributed by atoms with Gasteiger partial charge in [-0.1, -0.05) is 24.4 Å². The van der Waals surface area contributed by atoms with E-state index < -0.39 is 0 Å². The molecule has 0 bridgehead atoms. The van der Waals surface area contributed by atoms with E-state index in [1.54, 1.807) is 13.3 Å². The predicted octanol–water partition coefficient (Wildman–Crippen LogP) is 2.63. The highest BCUT2D eigenvalue weighted by Crippen LogP contribution is 2.37. The van der Waals surface area contributed by atoms with Gasteiger partial charge in [-0.3, -0.25) is 4.68 Å². The fourth-order valence-corrected chi connectivity index (χ4v) is 3.18. The molecule has 0 aliphatic heterocycles. The van der Waals surface area contributed by atoms with E-state index in [-0.39, 0.29) is 0 Å². The first-order valence-electron chi connectivity index (χ1n) is 6.65. The summed E-state index contributed by atoms with van der Waals surface area (Å²) >= 11 is 6.31. The Morgan fingerprint density at radius 3 is 2.89 bits per heavy atom. The molecule has 102 valence electrons. The van der Waals surface area contributed by atoms with Crippen LogP contribution in [-0.2, 0) is 11.3 Å². The Morgan fingerprint density at radius 2 is 2.28 bits per heavy atom. The Labute approximate surface area is 114 Å². The van der Waals surface area contributed by atoms with E-state index in [1.165, 1.54) is 25.7 Å². The Kier molecular flexibility index (Phi) is 5.03. The maximum Gasteiger partial charge on any atom is 0.0834 e. The molecule has 1 saturated carbocycles. The summed E-state index contributed by atoms with van der Waals surface area (Å²) in [6, 6.07) is 0.305. The van der Waals surface area contributed by atoms with E-state index in [4.69, 9.17) is 16.3 Å². The molecule has 0 spiro atoms. The molecule has 1 aromatic heterocycles. The normalized spacial score (nSPS) is 18.4. The Balaban J connectivity index is 2.20. The number of rotatable bonds is 6. The molecule has 1 aliphatic rings. The maximum atomic E-state index is 6.31. The van der Waals surface area contributed by atoms with Gasteiger partial charge >= 0.3 is 0 Å². The number of nitrogens with one attached hydrogen (secondary N) is 1. The zero-order chi connectivity index (χ0) is 13.0. The Bertz CT molecular complexity index is 374. The molecule has 2 rings (SSSR count). The van der Waals surface area contributed by atoms with Crippen LogP contribution in [0.2, 0.25) is 5.02 Å². The summed E-state index contributed by atoms with van der Waals surface area (Å²) in [7, 11) is 3.71. The molecule has 1 N–H and O–H groups in total. The summed E-state index contributed by atoms with van der Waals surface area (Å²) in [5.41, 5.74) is 1.11. The highest BCUT2D eigenvalue weighted by Gasteiger charge is 2.29. The molecule has 1 atom stereocenters. The van der Waals surface area contributed by atoms with Crippen molar-refractivity contribution >= 4 is 11.6 Å². The van der Waals surface area contributed by atoms with Crippen molar-refractivity contribution in [3.05, 3.63) is 16.9 Å². The Morgan fingerprint density at radius 1 is 1.56 bits per heavy atom. The lowest BCUT2D eigenvalue weighted by Crippen LogP contribution is -2.27. The molecule has 1 aromatic rings. The van der Waals surface area contributed by atoms with Gasteiger partial charge in [0.2, 0.25) is 0 Å². The third-order valence-electron chi connectivity index (χ3n) is 3.82. The van der Waals surface area contributed by atoms with Crippen LogP contribution in [-0.4, -0.2) is 30.5 Å². The first kappa shape index (κ1) is 13.8. The molecule has 0 saturated heterocycles. The van der Waals surface area contributed by atoms with E-state index in [0.29, 0.717) is 18.6 Å². The molecular formula is C13H22ClN3O. The van der Waals surface area contributed by atoms with Crippen molar-refractivity contribution in [2.45, 2.75) is 38.3 Å². The summed E-state index contributed by atoms with van der Waals surface area (Å²) in [6.07, 6.45) is 6.94. The summed E-state index contributed by atoms with van der Waals surface area (Å²) in [5, 5.41) is 8.54. The molecule has 18 heavy (non-hydrogen) atoms. The van der Waals surface area contributed by atoms with Crippen molar-refractivity contribution in [2.75, 3.05) is 20.8 Å². The van der Waals surface area contributed by atoms with Crippen molar-refractivity contribution in [2.24, 2.45) is 5.92 Å². The number of hydrogen-bond acceptors (Lipinski definition) is 3. The number of ether oxygens (including phenoxy) is 1. The zero-order valence-corrected chi connectivity index (χ0v) is 11.9. The molecule has 0 aromatic carbocycles. The smallest absolute Gasteiger partial charge is 0.0834 e. The van der Waals surface area contributed by atoms with Gasteiger partial charge in [-0.05, 0) is 25.8 Å². The second-order valence-corrected chi connectivity index (χ2v) is 5.31. The summed E-state index contributed by atoms with van der Waals surface area (Å²) in [4.78, 5) is 0. The molecule has 1 aliphatic carbocycles. The van der Waals surface area contributed by atoms with E-state index in [9.17, 15) is 0 Å². The lowest BCUT2D eigenvalue weighted by Gasteiger charge is -2.24. The van der Waals surface area contributed by atoms with Gasteiger partial charge < -0.3 is 10.1 Å². The van der Waals surface area contributed by atoms with Gasteiger partial charge in [-0.25, -0.2) is 0 Å². The van der Waals surface area contributed by atoms with Crippen molar-refractivity contribution in [3.63, 3.8) is 0 Å². The fraction of sp³-hybridized carbons (Fsp3) is 0.769. The van der Waals surface area contributed by atoms with Crippen LogP contribution in [0.3, 0.4) is 0 Å². The second kappa shape index (κ2) is 6.55. The number of nitrogens with zero attached hydrogens (tertiary/aromatic N) is 2. The second-order valence-electron chi connectivity index (χ2n) is 4.90. The van der Waals surface area contributed by atoms with E-state index in [2.05, 4.69) is 10.4 Å². The quantitative estimate of drug-likeness (QED) is 0.865. The van der Waals surface area contributed by atoms with Crippen molar-refractivity contribution in [1.29, 1.82) is 0 Å². The topological polar surface area (TPSA) is 39.1 Å². The van der Waals surface area contributed by atoms with Crippen LogP contribution in [0.15, 0.2) is 6.20 Å². The summed E-state index contributed by atoms with van der Waals surface area (Å²) in [6.45, 7) is 1.41. The minimum absolute atomic E-state index is 0.305. The van der Waals surface area contributed by atoms with Gasteiger partial charge in [0.1, 0.15) is 0 Å². The monoisotopic (exact) mass is 271 g/mol. The van der Waals surface area contributed by atoms with Crippen molar-refractivity contribution in [1.82, 2.24) is 15.1 Å². The van der Waals surface area contributed by atoms with E-state index in [0.717, 1.165) is 17.3 Å². The van der Waals surface area contributed by atoms with Gasteiger partial charge in [-0.15, -0.1) is 0 Å². The maximum absolute atomic E-state index is 6.31. The third kappa shape index (κ3) is 2.87. The molecule has 4 nitrogen and oxygen atoms in total. The molecule has 1 fully saturated rings. The van der Waals surface area contributed by atoms with Crippen LogP contribution in [0.25, 0.3) is 0 Å². The van der Waals surface area contributed by atoms with Gasteiger partial charge in [0.15, 0.2) is 0 Å². The first-order valence-corrected chi connectivity index (χ1v) is 7.03. The number of hydrogen-bond donors (Lipinski definition) is 1. The number of aromatic nitrogens is 2. The lowest BCUT2D eigenvalue weighted by molar-refractivity contribution is 0.180. The van der Waals surface area contributed by atoms with Crippen LogP contribution >= 0.6 is 11.6 Å². The highest BCUT2D eigenvalue weighted by atomic mass is 35.5. The molecule has 0 radical (unpaired) electrons. The number of methoxy groups -OCH3 is 1. The zero-order valence-electron chi connectivity index (χ0n) is 11.2. The standard InChI is InChI=1S/C13H22ClN3O/c1-15-12(10-5-3-4-6-10)13-11(14)9-16-17(13)7-8-18-2/h9-10,12,15H,3-8H2,1-2H3. The Hall–Kier alpha value is -0.580. The predicted molar refractivity (Wildman–Crippen MR) is 72.9 cm³/mol. The third-order valence-corrected chi connectivity index (χ3v) is 4.11. The van der Waals surface area contributed by atoms with Crippen LogP contribution < -0.4 is 5.32 Å². The SMILES string of the molecule is CNC(c1c(Cl)cnn1CCOC)C1CCCC1. The van der Waals surface area contributed by atoms with Crippen LogP contribution in [0.5, 0.6) is 0 Å². The molecule has 1 unspecified atom stereocenters. The van der Waals surface area contributed by atoms with Gasteiger partial charge in [0.05, 0.1) is 36.1 Å². The minimum atomic E-state index is 0.305. The molecule has 1 heterocycles. The fourth-order valence-electron chi connectivity index (χ4n) is 2.92. The largest absolute Gasteiger partial charge is 0.383 e. The van der Waals surface area contributed by atoms with E-state index in [1.807, 2.05) is 11.7 Å². The van der Waals surface area contributed by atoms with Crippen LogP contribution in [0, 0.1) is 5.92 Å². The molecule has 0 amide bonds. The van der Waals surface area contributed by atoms with Gasteiger partial charge in [0, 0.05) is 7.11 Å². The summed E-state index contributed by atoms with van der Waals surface area (Å²) < 4.78 is 7.10. The van der Waals surface area contributed by atoms with Gasteiger partial charge in [-0.2, -0.15) is 5.10 Å². The molecule has 5 heteroatoms. The average molecular weight is 272 g/mol. The first-order chi connectivity index (χ1) is 8.77. The van der Waals surface area contributed by atoms with Crippen LogP contribution in [0.4, 0.5) is 0 Å². The number of halogens is 1. The van der Waals surface area contributed by atoms with Crippen LogP contribution in [0.1, 0.15) is 37.4 Å². The lowest BCUT2D eigenvalue weighted by atomic mass is 9.95. The van der Waals surface area contributed by atoms with Crippen molar-refractivity contribution < 1.29 is 4.74 Å². The van der Waals surface area contributed by atoms with Gasteiger partial charge in [0.25, 0.3) is 0 Å². The highest BCUT2D eigenvalue weighted by molar-refractivity contribution is 6.31.